The predicted molar refractivity (Wildman–Crippen MR) is 57.1 cm³/mol. The molecule has 0 aliphatic rings. The van der Waals surface area contributed by atoms with E-state index in [0.717, 1.165) is 6.92 Å². The molecule has 0 saturated heterocycles. The molecule has 1 aromatic rings. The highest BCUT2D eigenvalue weighted by atomic mass is 35.5. The van der Waals surface area contributed by atoms with Gasteiger partial charge in [-0.1, -0.05) is 0 Å². The first-order valence-electron chi connectivity index (χ1n) is 4.07. The number of alkyl halides is 2. The van der Waals surface area contributed by atoms with Crippen LogP contribution in [0.3, 0.4) is 0 Å². The van der Waals surface area contributed by atoms with Crippen LogP contribution < -0.4 is 5.73 Å². The molecule has 0 aromatic heterocycles. The summed E-state index contributed by atoms with van der Waals surface area (Å²) < 4.78 is 25.8. The SMILES string of the molecule is Cc1cc(C(C)(F)F)cc(C)c1N.Cl. The lowest BCUT2D eigenvalue weighted by molar-refractivity contribution is 0.0174. The minimum Gasteiger partial charge on any atom is -0.398 e. The molecule has 1 rings (SSSR count). The van der Waals surface area contributed by atoms with Gasteiger partial charge >= 0.3 is 0 Å². The van der Waals surface area contributed by atoms with Crippen LogP contribution in [-0.4, -0.2) is 0 Å². The molecule has 0 heterocycles. The van der Waals surface area contributed by atoms with Crippen LogP contribution in [0.15, 0.2) is 12.1 Å². The summed E-state index contributed by atoms with van der Waals surface area (Å²) in [6.45, 7) is 4.35. The van der Waals surface area contributed by atoms with Gasteiger partial charge in [-0.05, 0) is 37.1 Å². The Hall–Kier alpha value is -0.830. The summed E-state index contributed by atoms with van der Waals surface area (Å²) >= 11 is 0. The van der Waals surface area contributed by atoms with Crippen LogP contribution >= 0.6 is 12.4 Å². The van der Waals surface area contributed by atoms with Crippen LogP contribution in [0.4, 0.5) is 14.5 Å². The highest BCUT2D eigenvalue weighted by molar-refractivity contribution is 5.85. The van der Waals surface area contributed by atoms with Gasteiger partial charge in [-0.3, -0.25) is 0 Å². The number of aryl methyl sites for hydroxylation is 2. The van der Waals surface area contributed by atoms with E-state index in [0.29, 0.717) is 16.8 Å². The molecule has 0 unspecified atom stereocenters. The Labute approximate surface area is 88.7 Å². The lowest BCUT2D eigenvalue weighted by Gasteiger charge is -2.14. The zero-order valence-corrected chi connectivity index (χ0v) is 9.21. The van der Waals surface area contributed by atoms with Gasteiger partial charge in [0.1, 0.15) is 0 Å². The van der Waals surface area contributed by atoms with E-state index in [2.05, 4.69) is 0 Å². The predicted octanol–water partition coefficient (Wildman–Crippen LogP) is 3.42. The number of halogens is 3. The first-order valence-corrected chi connectivity index (χ1v) is 4.07. The number of anilines is 1. The molecular weight excluding hydrogens is 208 g/mol. The fourth-order valence-electron chi connectivity index (χ4n) is 1.23. The lowest BCUT2D eigenvalue weighted by Crippen LogP contribution is -2.08. The number of nitrogens with two attached hydrogens (primary N) is 1. The van der Waals surface area contributed by atoms with Crippen LogP contribution in [0, 0.1) is 13.8 Å². The smallest absolute Gasteiger partial charge is 0.270 e. The molecule has 0 aliphatic heterocycles. The van der Waals surface area contributed by atoms with Crippen LogP contribution in [0.5, 0.6) is 0 Å². The second kappa shape index (κ2) is 4.13. The van der Waals surface area contributed by atoms with Crippen LogP contribution in [0.2, 0.25) is 0 Å². The molecule has 0 aliphatic carbocycles. The summed E-state index contributed by atoms with van der Waals surface area (Å²) in [6.07, 6.45) is 0. The molecule has 0 radical (unpaired) electrons. The number of hydrogen-bond donors (Lipinski definition) is 1. The van der Waals surface area contributed by atoms with Gasteiger partial charge in [0, 0.05) is 18.2 Å². The third-order valence-electron chi connectivity index (χ3n) is 2.10. The Balaban J connectivity index is 0.00000169. The van der Waals surface area contributed by atoms with E-state index in [1.165, 1.54) is 12.1 Å². The average Bonchev–Trinajstić information content (AvgIpc) is 1.97. The molecule has 0 spiro atoms. The normalized spacial score (nSPS) is 10.9. The molecule has 2 N–H and O–H groups in total. The molecule has 14 heavy (non-hydrogen) atoms. The second-order valence-corrected chi connectivity index (χ2v) is 3.41. The second-order valence-electron chi connectivity index (χ2n) is 3.41. The Morgan fingerprint density at radius 2 is 1.50 bits per heavy atom. The van der Waals surface area contributed by atoms with E-state index >= 15 is 0 Å². The van der Waals surface area contributed by atoms with Gasteiger partial charge in [-0.2, -0.15) is 0 Å². The van der Waals surface area contributed by atoms with E-state index in [1.807, 2.05) is 0 Å². The number of nitrogen functional groups attached to an aromatic ring is 1. The number of hydrogen-bond acceptors (Lipinski definition) is 1. The Morgan fingerprint density at radius 1 is 1.14 bits per heavy atom. The molecular formula is C10H14ClF2N. The molecule has 0 amide bonds. The summed E-state index contributed by atoms with van der Waals surface area (Å²) in [7, 11) is 0. The lowest BCUT2D eigenvalue weighted by atomic mass is 10.0. The fraction of sp³-hybridized carbons (Fsp3) is 0.400. The molecule has 80 valence electrons. The van der Waals surface area contributed by atoms with Crippen molar-refractivity contribution in [3.63, 3.8) is 0 Å². The van der Waals surface area contributed by atoms with Crippen LogP contribution in [0.1, 0.15) is 23.6 Å². The van der Waals surface area contributed by atoms with Crippen molar-refractivity contribution in [3.05, 3.63) is 28.8 Å². The summed E-state index contributed by atoms with van der Waals surface area (Å²) in [4.78, 5) is 0. The van der Waals surface area contributed by atoms with Crippen molar-refractivity contribution < 1.29 is 8.78 Å². The first kappa shape index (κ1) is 13.2. The van der Waals surface area contributed by atoms with Crippen LogP contribution in [0.25, 0.3) is 0 Å². The van der Waals surface area contributed by atoms with Gasteiger partial charge in [0.15, 0.2) is 0 Å². The van der Waals surface area contributed by atoms with Gasteiger partial charge in [-0.15, -0.1) is 12.4 Å². The third-order valence-corrected chi connectivity index (χ3v) is 2.10. The van der Waals surface area contributed by atoms with Crippen molar-refractivity contribution in [1.82, 2.24) is 0 Å². The van der Waals surface area contributed by atoms with E-state index in [4.69, 9.17) is 5.73 Å². The summed E-state index contributed by atoms with van der Waals surface area (Å²) in [5.74, 6) is -2.79. The minimum atomic E-state index is -2.79. The van der Waals surface area contributed by atoms with Gasteiger partial charge in [0.05, 0.1) is 0 Å². The van der Waals surface area contributed by atoms with Crippen molar-refractivity contribution in [3.8, 4) is 0 Å². The van der Waals surface area contributed by atoms with E-state index in [1.54, 1.807) is 13.8 Å². The van der Waals surface area contributed by atoms with Crippen molar-refractivity contribution in [2.75, 3.05) is 5.73 Å². The van der Waals surface area contributed by atoms with Crippen molar-refractivity contribution in [2.45, 2.75) is 26.7 Å². The maximum Gasteiger partial charge on any atom is 0.270 e. The molecule has 0 fully saturated rings. The van der Waals surface area contributed by atoms with E-state index < -0.39 is 5.92 Å². The van der Waals surface area contributed by atoms with Gasteiger partial charge < -0.3 is 5.73 Å². The summed E-state index contributed by atoms with van der Waals surface area (Å²) in [5, 5.41) is 0. The zero-order chi connectivity index (χ0) is 10.2. The first-order chi connectivity index (χ1) is 5.82. The molecule has 0 atom stereocenters. The van der Waals surface area contributed by atoms with Crippen LogP contribution in [-0.2, 0) is 5.92 Å². The molecule has 1 aromatic carbocycles. The third kappa shape index (κ3) is 2.58. The molecule has 0 saturated carbocycles. The molecule has 1 nitrogen and oxygen atoms in total. The largest absolute Gasteiger partial charge is 0.398 e. The topological polar surface area (TPSA) is 26.0 Å². The van der Waals surface area contributed by atoms with Crippen molar-refractivity contribution >= 4 is 18.1 Å². The maximum atomic E-state index is 12.9. The highest BCUT2D eigenvalue weighted by Gasteiger charge is 2.24. The Bertz CT molecular complexity index is 308. The zero-order valence-electron chi connectivity index (χ0n) is 8.40. The average molecular weight is 222 g/mol. The quantitative estimate of drug-likeness (QED) is 0.723. The van der Waals surface area contributed by atoms with Gasteiger partial charge in [0.2, 0.25) is 0 Å². The van der Waals surface area contributed by atoms with E-state index in [9.17, 15) is 8.78 Å². The monoisotopic (exact) mass is 221 g/mol. The standard InChI is InChI=1S/C10H13F2N.ClH/c1-6-4-8(10(3,11)12)5-7(2)9(6)13;/h4-5H,13H2,1-3H3;1H. The van der Waals surface area contributed by atoms with Gasteiger partial charge in [0.25, 0.3) is 5.92 Å². The van der Waals surface area contributed by atoms with Gasteiger partial charge in [-0.25, -0.2) is 8.78 Å². The molecule has 0 bridgehead atoms. The highest BCUT2D eigenvalue weighted by Crippen LogP contribution is 2.30. The minimum absolute atomic E-state index is 0. The Kier molecular flexibility index (Phi) is 3.89. The maximum absolute atomic E-state index is 12.9. The number of rotatable bonds is 1. The van der Waals surface area contributed by atoms with Crippen molar-refractivity contribution in [2.24, 2.45) is 0 Å². The molecule has 4 heteroatoms. The summed E-state index contributed by atoms with van der Waals surface area (Å²) in [6, 6.07) is 2.87. The van der Waals surface area contributed by atoms with Crippen molar-refractivity contribution in [1.29, 1.82) is 0 Å². The summed E-state index contributed by atoms with van der Waals surface area (Å²) in [5.41, 5.74) is 7.67. The van der Waals surface area contributed by atoms with E-state index in [-0.39, 0.29) is 18.0 Å². The number of benzene rings is 1. The Morgan fingerprint density at radius 3 is 1.79 bits per heavy atom. The fourth-order valence-corrected chi connectivity index (χ4v) is 1.23.